The third-order valence-electron chi connectivity index (χ3n) is 2.26. The quantitative estimate of drug-likeness (QED) is 0.716. The van der Waals surface area contributed by atoms with Gasteiger partial charge in [-0.3, -0.25) is 4.55 Å². The Morgan fingerprint density at radius 2 is 2.00 bits per heavy atom. The van der Waals surface area contributed by atoms with E-state index in [1.54, 1.807) is 24.3 Å². The molecule has 15 heavy (non-hydrogen) atoms. The van der Waals surface area contributed by atoms with E-state index in [9.17, 15) is 8.42 Å². The number of para-hydroxylation sites is 1. The van der Waals surface area contributed by atoms with Crippen molar-refractivity contribution in [2.24, 2.45) is 0 Å². The number of fused-ring (bicyclic) bond motifs is 1. The van der Waals surface area contributed by atoms with E-state index in [0.29, 0.717) is 24.3 Å². The average molecular weight is 232 g/mol. The van der Waals surface area contributed by atoms with Crippen LogP contribution in [0.3, 0.4) is 0 Å². The molecule has 1 unspecified atom stereocenters. The average Bonchev–Trinajstić information content (AvgIpc) is 2.15. The van der Waals surface area contributed by atoms with E-state index in [1.807, 2.05) is 0 Å². The first-order valence-electron chi connectivity index (χ1n) is 4.27. The molecule has 1 aromatic rings. The van der Waals surface area contributed by atoms with E-state index >= 15 is 0 Å². The van der Waals surface area contributed by atoms with Crippen LogP contribution in [0.15, 0.2) is 24.3 Å². The van der Waals surface area contributed by atoms with Crippen LogP contribution in [0.2, 0.25) is 0 Å². The van der Waals surface area contributed by atoms with Gasteiger partial charge in [-0.25, -0.2) is 0 Å². The first-order valence-corrected chi connectivity index (χ1v) is 5.77. The maximum Gasteiger partial charge on any atom is 0.272 e. The lowest BCUT2D eigenvalue weighted by Crippen LogP contribution is -2.20. The van der Waals surface area contributed by atoms with E-state index in [2.05, 4.69) is 0 Å². The Kier molecular flexibility index (Phi) is 3.33. The number of rotatable bonds is 1. The Hall–Kier alpha value is -1.11. The lowest BCUT2D eigenvalue weighted by atomic mass is 10.1. The molecule has 0 spiro atoms. The number of hydrogen-bond acceptors (Lipinski definition) is 3. The minimum atomic E-state index is -4.02. The second-order valence-electron chi connectivity index (χ2n) is 3.18. The van der Waals surface area contributed by atoms with Gasteiger partial charge in [0.25, 0.3) is 10.1 Å². The second-order valence-corrected chi connectivity index (χ2v) is 4.78. The van der Waals surface area contributed by atoms with Gasteiger partial charge in [-0.05, 0) is 6.07 Å². The summed E-state index contributed by atoms with van der Waals surface area (Å²) in [5, 5.41) is -0.840. The first-order chi connectivity index (χ1) is 6.59. The molecule has 0 aliphatic carbocycles. The molecule has 6 heteroatoms. The molecule has 2 rings (SSSR count). The van der Waals surface area contributed by atoms with Crippen molar-refractivity contribution in [3.8, 4) is 5.75 Å². The zero-order chi connectivity index (χ0) is 10.2. The fraction of sp³-hybridized carbons (Fsp3) is 0.333. The first kappa shape index (κ1) is 12.0. The van der Waals surface area contributed by atoms with Crippen molar-refractivity contribution in [3.63, 3.8) is 0 Å². The molecule has 0 bridgehead atoms. The molecule has 1 aliphatic heterocycles. The summed E-state index contributed by atoms with van der Waals surface area (Å²) in [6.07, 6.45) is 0.301. The van der Waals surface area contributed by atoms with Crippen LogP contribution in [0.4, 0.5) is 0 Å². The number of hydrogen-bond donors (Lipinski definition) is 1. The van der Waals surface area contributed by atoms with Gasteiger partial charge >= 0.3 is 0 Å². The van der Waals surface area contributed by atoms with Gasteiger partial charge < -0.3 is 10.2 Å². The van der Waals surface area contributed by atoms with E-state index < -0.39 is 15.4 Å². The summed E-state index contributed by atoms with van der Waals surface area (Å²) in [4.78, 5) is 0. The van der Waals surface area contributed by atoms with Crippen LogP contribution in [0.25, 0.3) is 0 Å². The maximum atomic E-state index is 11.0. The SMILES string of the molecule is O.O=S(=O)(O)C1CCOc2ccccc21. The van der Waals surface area contributed by atoms with Crippen LogP contribution in [0.5, 0.6) is 5.75 Å². The van der Waals surface area contributed by atoms with E-state index in [0.717, 1.165) is 0 Å². The molecule has 84 valence electrons. The Labute approximate surface area is 87.7 Å². The smallest absolute Gasteiger partial charge is 0.272 e. The summed E-state index contributed by atoms with van der Waals surface area (Å²) >= 11 is 0. The van der Waals surface area contributed by atoms with E-state index in [4.69, 9.17) is 9.29 Å². The lowest BCUT2D eigenvalue weighted by Gasteiger charge is -2.23. The van der Waals surface area contributed by atoms with Gasteiger partial charge in [0.1, 0.15) is 11.0 Å². The van der Waals surface area contributed by atoms with E-state index in [1.165, 1.54) is 0 Å². The van der Waals surface area contributed by atoms with Gasteiger partial charge in [0.2, 0.25) is 0 Å². The number of ether oxygens (including phenoxy) is 1. The molecule has 0 saturated carbocycles. The van der Waals surface area contributed by atoms with Gasteiger partial charge in [0, 0.05) is 12.0 Å². The second kappa shape index (κ2) is 4.18. The minimum Gasteiger partial charge on any atom is -0.493 e. The van der Waals surface area contributed by atoms with Gasteiger partial charge in [-0.1, -0.05) is 18.2 Å². The highest BCUT2D eigenvalue weighted by molar-refractivity contribution is 7.86. The highest BCUT2D eigenvalue weighted by atomic mass is 32.2. The van der Waals surface area contributed by atoms with Crippen LogP contribution in [0.1, 0.15) is 17.2 Å². The Morgan fingerprint density at radius 3 is 2.67 bits per heavy atom. The van der Waals surface area contributed by atoms with Crippen molar-refractivity contribution >= 4 is 10.1 Å². The van der Waals surface area contributed by atoms with Gasteiger partial charge in [-0.2, -0.15) is 8.42 Å². The fourth-order valence-electron chi connectivity index (χ4n) is 1.62. The zero-order valence-electron chi connectivity index (χ0n) is 7.88. The molecule has 0 fully saturated rings. The third kappa shape index (κ3) is 2.28. The molecule has 5 nitrogen and oxygen atoms in total. The molecule has 3 N–H and O–H groups in total. The largest absolute Gasteiger partial charge is 0.493 e. The molecule has 0 amide bonds. The molecular formula is C9H12O5S. The third-order valence-corrected chi connectivity index (χ3v) is 3.47. The van der Waals surface area contributed by atoms with Crippen molar-refractivity contribution in [2.75, 3.05) is 6.61 Å². The standard InChI is InChI=1S/C9H10O4S.H2O/c10-14(11,12)9-5-6-13-8-4-2-1-3-7(8)9;/h1-4,9H,5-6H2,(H,10,11,12);1H2. The molecule has 0 saturated heterocycles. The Morgan fingerprint density at radius 1 is 1.33 bits per heavy atom. The predicted molar refractivity (Wildman–Crippen MR) is 54.5 cm³/mol. The van der Waals surface area contributed by atoms with Crippen LogP contribution in [-0.4, -0.2) is 25.1 Å². The lowest BCUT2D eigenvalue weighted by molar-refractivity contribution is 0.279. The van der Waals surface area contributed by atoms with Crippen molar-refractivity contribution in [3.05, 3.63) is 29.8 Å². The van der Waals surface area contributed by atoms with Gasteiger partial charge in [0.15, 0.2) is 0 Å². The molecule has 1 heterocycles. The minimum absolute atomic E-state index is 0. The summed E-state index contributed by atoms with van der Waals surface area (Å²) in [6, 6.07) is 6.86. The highest BCUT2D eigenvalue weighted by Crippen LogP contribution is 2.36. The van der Waals surface area contributed by atoms with Crippen LogP contribution >= 0.6 is 0 Å². The summed E-state index contributed by atoms with van der Waals surface area (Å²) in [6.45, 7) is 0.321. The van der Waals surface area contributed by atoms with Crippen LogP contribution in [-0.2, 0) is 10.1 Å². The van der Waals surface area contributed by atoms with Crippen molar-refractivity contribution < 1.29 is 23.2 Å². The van der Waals surface area contributed by atoms with E-state index in [-0.39, 0.29) is 5.48 Å². The zero-order valence-corrected chi connectivity index (χ0v) is 8.70. The van der Waals surface area contributed by atoms with Gasteiger partial charge in [0.05, 0.1) is 6.61 Å². The van der Waals surface area contributed by atoms with Crippen LogP contribution < -0.4 is 4.74 Å². The topological polar surface area (TPSA) is 95.1 Å². The summed E-state index contributed by atoms with van der Waals surface area (Å²) in [5.41, 5.74) is 0.543. The predicted octanol–water partition coefficient (Wildman–Crippen LogP) is 0.573. The maximum absolute atomic E-state index is 11.0. The fourth-order valence-corrected chi connectivity index (χ4v) is 2.53. The monoisotopic (exact) mass is 232 g/mol. The summed E-state index contributed by atoms with van der Waals surface area (Å²) in [7, 11) is -4.02. The van der Waals surface area contributed by atoms with Crippen molar-refractivity contribution in [1.82, 2.24) is 0 Å². The molecule has 0 radical (unpaired) electrons. The van der Waals surface area contributed by atoms with Gasteiger partial charge in [-0.15, -0.1) is 0 Å². The van der Waals surface area contributed by atoms with Crippen molar-refractivity contribution in [2.45, 2.75) is 11.7 Å². The van der Waals surface area contributed by atoms with Crippen LogP contribution in [0, 0.1) is 0 Å². The number of benzene rings is 1. The molecular weight excluding hydrogens is 220 g/mol. The molecule has 0 aromatic heterocycles. The molecule has 1 aromatic carbocycles. The normalized spacial score (nSPS) is 19.7. The highest BCUT2D eigenvalue weighted by Gasteiger charge is 2.30. The summed E-state index contributed by atoms with van der Waals surface area (Å²) < 4.78 is 36.4. The summed E-state index contributed by atoms with van der Waals surface area (Å²) in [5.74, 6) is 0.543. The molecule has 1 aliphatic rings. The van der Waals surface area contributed by atoms with Crippen molar-refractivity contribution in [1.29, 1.82) is 0 Å². The Balaban J connectivity index is 0.00000112. The molecule has 1 atom stereocenters. The Bertz CT molecular complexity index is 440.